The lowest BCUT2D eigenvalue weighted by atomic mass is 10.2. The second-order valence-electron chi connectivity index (χ2n) is 5.10. The Hall–Kier alpha value is -2.16. The van der Waals surface area contributed by atoms with Crippen molar-refractivity contribution in [2.45, 2.75) is 26.8 Å². The van der Waals surface area contributed by atoms with Crippen LogP contribution < -0.4 is 10.6 Å². The Morgan fingerprint density at radius 2 is 2.24 bits per heavy atom. The Morgan fingerprint density at radius 1 is 1.52 bits per heavy atom. The fourth-order valence-corrected chi connectivity index (χ4v) is 2.48. The summed E-state index contributed by atoms with van der Waals surface area (Å²) in [6, 6.07) is -0.605. The SMILES string of the molecule is CC(C)CNC(=O)C(C)Nc1nc2sccn2c1[N+](=O)[O-]. The number of carbonyl (C=O) groups excluding carboxylic acids is 1. The molecule has 8 nitrogen and oxygen atoms in total. The van der Waals surface area contributed by atoms with Crippen molar-refractivity contribution >= 4 is 33.8 Å². The van der Waals surface area contributed by atoms with Gasteiger partial charge in [0.05, 0.1) is 0 Å². The maximum Gasteiger partial charge on any atom is 0.372 e. The van der Waals surface area contributed by atoms with Crippen LogP contribution >= 0.6 is 11.3 Å². The molecule has 2 aromatic rings. The number of thiazole rings is 1. The molecule has 0 fully saturated rings. The Balaban J connectivity index is 2.15. The Labute approximate surface area is 125 Å². The second-order valence-corrected chi connectivity index (χ2v) is 5.97. The summed E-state index contributed by atoms with van der Waals surface area (Å²) in [4.78, 5) is 27.2. The van der Waals surface area contributed by atoms with E-state index in [0.717, 1.165) is 0 Å². The smallest absolute Gasteiger partial charge is 0.358 e. The van der Waals surface area contributed by atoms with Gasteiger partial charge in [0.1, 0.15) is 12.2 Å². The van der Waals surface area contributed by atoms with Crippen molar-refractivity contribution in [3.8, 4) is 0 Å². The summed E-state index contributed by atoms with van der Waals surface area (Å²) in [5.41, 5.74) is 0. The molecule has 1 atom stereocenters. The van der Waals surface area contributed by atoms with E-state index in [1.54, 1.807) is 18.5 Å². The number of nitrogens with zero attached hydrogens (tertiary/aromatic N) is 3. The van der Waals surface area contributed by atoms with Gasteiger partial charge in [0.15, 0.2) is 0 Å². The predicted octanol–water partition coefficient (Wildman–Crippen LogP) is 1.88. The molecule has 0 aliphatic heterocycles. The number of hydrogen-bond donors (Lipinski definition) is 2. The van der Waals surface area contributed by atoms with Gasteiger partial charge in [-0.05, 0) is 17.8 Å². The molecular formula is C12H17N5O3S. The maximum absolute atomic E-state index is 11.9. The lowest BCUT2D eigenvalue weighted by Gasteiger charge is -2.14. The Bertz CT molecular complexity index is 663. The highest BCUT2D eigenvalue weighted by atomic mass is 32.1. The van der Waals surface area contributed by atoms with Crippen LogP contribution in [0.25, 0.3) is 4.96 Å². The normalized spacial score (nSPS) is 12.6. The number of nitro groups is 1. The van der Waals surface area contributed by atoms with Gasteiger partial charge in [0, 0.05) is 11.9 Å². The van der Waals surface area contributed by atoms with Gasteiger partial charge in [-0.25, -0.2) is 0 Å². The summed E-state index contributed by atoms with van der Waals surface area (Å²) in [5, 5.41) is 18.5. The molecule has 0 bridgehead atoms. The molecule has 9 heteroatoms. The third-order valence-electron chi connectivity index (χ3n) is 2.84. The molecule has 2 aromatic heterocycles. The molecule has 1 unspecified atom stereocenters. The number of anilines is 1. The minimum absolute atomic E-state index is 0.110. The van der Waals surface area contributed by atoms with Crippen LogP contribution in [-0.4, -0.2) is 32.8 Å². The van der Waals surface area contributed by atoms with E-state index < -0.39 is 11.0 Å². The first-order chi connectivity index (χ1) is 9.90. The minimum atomic E-state index is -0.605. The number of amides is 1. The summed E-state index contributed by atoms with van der Waals surface area (Å²) >= 11 is 1.30. The zero-order chi connectivity index (χ0) is 15.6. The first-order valence-corrected chi connectivity index (χ1v) is 7.42. The summed E-state index contributed by atoms with van der Waals surface area (Å²) in [6.45, 7) is 6.19. The minimum Gasteiger partial charge on any atom is -0.358 e. The number of hydrogen-bond acceptors (Lipinski definition) is 6. The number of carbonyl (C=O) groups is 1. The Kier molecular flexibility index (Phi) is 4.41. The summed E-state index contributed by atoms with van der Waals surface area (Å²) in [7, 11) is 0. The van der Waals surface area contributed by atoms with Crippen LogP contribution in [0.15, 0.2) is 11.6 Å². The van der Waals surface area contributed by atoms with Crippen molar-refractivity contribution in [2.24, 2.45) is 5.92 Å². The average molecular weight is 311 g/mol. The van der Waals surface area contributed by atoms with Crippen LogP contribution in [-0.2, 0) is 4.79 Å². The van der Waals surface area contributed by atoms with E-state index in [1.165, 1.54) is 15.7 Å². The lowest BCUT2D eigenvalue weighted by molar-refractivity contribution is -0.389. The largest absolute Gasteiger partial charge is 0.372 e. The van der Waals surface area contributed by atoms with Crippen molar-refractivity contribution in [2.75, 3.05) is 11.9 Å². The van der Waals surface area contributed by atoms with E-state index in [-0.39, 0.29) is 17.5 Å². The molecule has 2 rings (SSSR count). The van der Waals surface area contributed by atoms with Crippen LogP contribution in [0.2, 0.25) is 0 Å². The van der Waals surface area contributed by atoms with Gasteiger partial charge in [0.25, 0.3) is 4.96 Å². The number of fused-ring (bicyclic) bond motifs is 1. The molecule has 0 saturated carbocycles. The van der Waals surface area contributed by atoms with Crippen molar-refractivity contribution < 1.29 is 9.72 Å². The summed E-state index contributed by atoms with van der Waals surface area (Å²) < 4.78 is 1.39. The van der Waals surface area contributed by atoms with Crippen LogP contribution in [0, 0.1) is 16.0 Å². The van der Waals surface area contributed by atoms with Crippen molar-refractivity contribution in [3.63, 3.8) is 0 Å². The van der Waals surface area contributed by atoms with E-state index in [1.807, 2.05) is 13.8 Å². The maximum atomic E-state index is 11.9. The number of imidazole rings is 1. The van der Waals surface area contributed by atoms with E-state index in [9.17, 15) is 14.9 Å². The molecule has 1 amide bonds. The highest BCUT2D eigenvalue weighted by Crippen LogP contribution is 2.28. The second kappa shape index (κ2) is 6.08. The zero-order valence-electron chi connectivity index (χ0n) is 12.0. The molecule has 2 N–H and O–H groups in total. The van der Waals surface area contributed by atoms with E-state index in [0.29, 0.717) is 17.4 Å². The fourth-order valence-electron chi connectivity index (χ4n) is 1.77. The van der Waals surface area contributed by atoms with Crippen molar-refractivity contribution in [1.82, 2.24) is 14.7 Å². The molecule has 21 heavy (non-hydrogen) atoms. The molecule has 2 heterocycles. The van der Waals surface area contributed by atoms with Gasteiger partial charge < -0.3 is 20.7 Å². The first kappa shape index (κ1) is 15.2. The van der Waals surface area contributed by atoms with Gasteiger partial charge in [-0.15, -0.1) is 0 Å². The molecule has 0 aliphatic rings. The van der Waals surface area contributed by atoms with Crippen LogP contribution in [0.4, 0.5) is 11.6 Å². The third-order valence-corrected chi connectivity index (χ3v) is 3.60. The Morgan fingerprint density at radius 3 is 2.86 bits per heavy atom. The molecule has 114 valence electrons. The predicted molar refractivity (Wildman–Crippen MR) is 80.7 cm³/mol. The fraction of sp³-hybridized carbons (Fsp3) is 0.500. The lowest BCUT2D eigenvalue weighted by Crippen LogP contribution is -2.39. The zero-order valence-corrected chi connectivity index (χ0v) is 12.8. The summed E-state index contributed by atoms with van der Waals surface area (Å²) in [5.74, 6) is 0.0802. The number of rotatable bonds is 6. The van der Waals surface area contributed by atoms with Crippen molar-refractivity contribution in [1.29, 1.82) is 0 Å². The molecule has 0 saturated heterocycles. The highest BCUT2D eigenvalue weighted by molar-refractivity contribution is 7.15. The van der Waals surface area contributed by atoms with Gasteiger partial charge in [-0.2, -0.15) is 9.38 Å². The molecule has 0 radical (unpaired) electrons. The van der Waals surface area contributed by atoms with E-state index >= 15 is 0 Å². The van der Waals surface area contributed by atoms with E-state index in [2.05, 4.69) is 15.6 Å². The topological polar surface area (TPSA) is 102 Å². The molecule has 0 aromatic carbocycles. The standard InChI is InChI=1S/C12H17N5O3S/c1-7(2)6-13-10(18)8(3)14-9-11(17(19)20)16-4-5-21-12(16)15-9/h4-5,7-8,14H,6H2,1-3H3,(H,13,18). The van der Waals surface area contributed by atoms with Crippen LogP contribution in [0.3, 0.4) is 0 Å². The molecular weight excluding hydrogens is 294 g/mol. The summed E-state index contributed by atoms with van der Waals surface area (Å²) in [6.07, 6.45) is 1.58. The van der Waals surface area contributed by atoms with Gasteiger partial charge in [-0.3, -0.25) is 4.79 Å². The quantitative estimate of drug-likeness (QED) is 0.626. The number of nitrogens with one attached hydrogen (secondary N) is 2. The van der Waals surface area contributed by atoms with Crippen LogP contribution in [0.5, 0.6) is 0 Å². The number of aromatic nitrogens is 2. The van der Waals surface area contributed by atoms with Gasteiger partial charge in [0.2, 0.25) is 11.7 Å². The highest BCUT2D eigenvalue weighted by Gasteiger charge is 2.26. The molecule has 0 spiro atoms. The molecule has 0 aliphatic carbocycles. The van der Waals surface area contributed by atoms with Crippen molar-refractivity contribution in [3.05, 3.63) is 21.7 Å². The monoisotopic (exact) mass is 311 g/mol. The first-order valence-electron chi connectivity index (χ1n) is 6.54. The van der Waals surface area contributed by atoms with Gasteiger partial charge >= 0.3 is 5.82 Å². The average Bonchev–Trinajstić information content (AvgIpc) is 2.95. The van der Waals surface area contributed by atoms with Crippen LogP contribution in [0.1, 0.15) is 20.8 Å². The van der Waals surface area contributed by atoms with Gasteiger partial charge in [-0.1, -0.05) is 25.2 Å². The van der Waals surface area contributed by atoms with E-state index in [4.69, 9.17) is 0 Å². The third kappa shape index (κ3) is 3.30.